The molecule has 1 aromatic rings. The van der Waals surface area contributed by atoms with Gasteiger partial charge in [0.05, 0.1) is 0 Å². The first-order valence-electron chi connectivity index (χ1n) is 3.82. The van der Waals surface area contributed by atoms with E-state index in [-0.39, 0.29) is 0 Å². The topological polar surface area (TPSA) is 34.1 Å². The maximum Gasteiger partial charge on any atom is 0.271 e. The van der Waals surface area contributed by atoms with Crippen LogP contribution in [0.4, 0.5) is 0 Å². The fraction of sp³-hybridized carbons (Fsp3) is 0.0909. The van der Waals surface area contributed by atoms with E-state index in [0.29, 0.717) is 0 Å². The summed E-state index contributed by atoms with van der Waals surface area (Å²) >= 11 is 0. The highest BCUT2D eigenvalue weighted by Crippen LogP contribution is 1.94. The van der Waals surface area contributed by atoms with E-state index in [1.807, 2.05) is 18.2 Å². The summed E-state index contributed by atoms with van der Waals surface area (Å²) in [6.07, 6.45) is 0. The van der Waals surface area contributed by atoms with Crippen molar-refractivity contribution in [2.45, 2.75) is 6.92 Å². The molecule has 0 atom stereocenters. The van der Waals surface area contributed by atoms with Crippen molar-refractivity contribution in [2.75, 3.05) is 0 Å². The van der Waals surface area contributed by atoms with Gasteiger partial charge < -0.3 is 0 Å². The van der Waals surface area contributed by atoms with Gasteiger partial charge >= 0.3 is 0 Å². The van der Waals surface area contributed by atoms with Crippen LogP contribution in [0.25, 0.3) is 0 Å². The average molecular weight is 172 g/mol. The minimum atomic E-state index is -0.649. The fourth-order valence-electron chi connectivity index (χ4n) is 0.738. The van der Waals surface area contributed by atoms with Gasteiger partial charge in [-0.3, -0.25) is 9.59 Å². The van der Waals surface area contributed by atoms with Crippen LogP contribution in [0.15, 0.2) is 30.3 Å². The molecule has 64 valence electrons. The van der Waals surface area contributed by atoms with Crippen LogP contribution in [0, 0.1) is 11.8 Å². The van der Waals surface area contributed by atoms with Gasteiger partial charge in [-0.2, -0.15) is 0 Å². The molecule has 1 aromatic carbocycles. The predicted molar refractivity (Wildman–Crippen MR) is 49.0 cm³/mol. The lowest BCUT2D eigenvalue weighted by atomic mass is 10.2. The lowest BCUT2D eigenvalue weighted by Gasteiger charge is -1.85. The molecule has 0 N–H and O–H groups in total. The molecular weight excluding hydrogens is 164 g/mol. The Kier molecular flexibility index (Phi) is 2.99. The van der Waals surface area contributed by atoms with Gasteiger partial charge in [0.2, 0.25) is 5.78 Å². The van der Waals surface area contributed by atoms with E-state index in [4.69, 9.17) is 0 Å². The predicted octanol–water partition coefficient (Wildman–Crippen LogP) is 1.20. The normalized spacial score (nSPS) is 8.38. The number of hydrogen-bond donors (Lipinski definition) is 0. The molecule has 0 fully saturated rings. The van der Waals surface area contributed by atoms with Gasteiger partial charge in [-0.15, -0.1) is 0 Å². The summed E-state index contributed by atoms with van der Waals surface area (Å²) < 4.78 is 0. The molecule has 0 saturated heterocycles. The molecule has 0 bridgehead atoms. The van der Waals surface area contributed by atoms with Crippen LogP contribution in [-0.2, 0) is 9.59 Å². The van der Waals surface area contributed by atoms with Crippen molar-refractivity contribution in [1.82, 2.24) is 0 Å². The van der Waals surface area contributed by atoms with Gasteiger partial charge in [0, 0.05) is 12.5 Å². The molecule has 0 aliphatic rings. The zero-order valence-electron chi connectivity index (χ0n) is 7.20. The Morgan fingerprint density at radius 3 is 2.31 bits per heavy atom. The molecule has 2 heteroatoms. The maximum absolute atomic E-state index is 10.8. The summed E-state index contributed by atoms with van der Waals surface area (Å²) in [5.74, 6) is 3.69. The molecule has 0 saturated carbocycles. The van der Waals surface area contributed by atoms with Crippen LogP contribution >= 0.6 is 0 Å². The van der Waals surface area contributed by atoms with Crippen LogP contribution in [0.5, 0.6) is 0 Å². The lowest BCUT2D eigenvalue weighted by Crippen LogP contribution is -2.05. The number of ketones is 2. The highest BCUT2D eigenvalue weighted by Gasteiger charge is 2.00. The van der Waals surface area contributed by atoms with Gasteiger partial charge in [0.25, 0.3) is 5.78 Å². The maximum atomic E-state index is 10.8. The number of carbonyl (C=O) groups is 2. The summed E-state index contributed by atoms with van der Waals surface area (Å²) in [6, 6.07) is 9.06. The van der Waals surface area contributed by atoms with E-state index in [0.717, 1.165) is 5.56 Å². The van der Waals surface area contributed by atoms with E-state index in [2.05, 4.69) is 11.8 Å². The first kappa shape index (κ1) is 9.21. The molecule has 0 aliphatic carbocycles. The van der Waals surface area contributed by atoms with Gasteiger partial charge in [0.1, 0.15) is 0 Å². The molecule has 2 nitrogen and oxygen atoms in total. The molecule has 0 aliphatic heterocycles. The molecule has 0 radical (unpaired) electrons. The SMILES string of the molecule is CC(=O)C(=O)C#Cc1ccccc1. The summed E-state index contributed by atoms with van der Waals surface area (Å²) in [6.45, 7) is 1.21. The van der Waals surface area contributed by atoms with Crippen molar-refractivity contribution in [2.24, 2.45) is 0 Å². The van der Waals surface area contributed by atoms with Crippen molar-refractivity contribution < 1.29 is 9.59 Å². The van der Waals surface area contributed by atoms with Gasteiger partial charge in [-0.05, 0) is 18.1 Å². The zero-order valence-corrected chi connectivity index (χ0v) is 7.20. The van der Waals surface area contributed by atoms with E-state index in [1.165, 1.54) is 6.92 Å². The summed E-state index contributed by atoms with van der Waals surface area (Å²) in [7, 11) is 0. The van der Waals surface area contributed by atoms with Crippen LogP contribution in [-0.4, -0.2) is 11.6 Å². The van der Waals surface area contributed by atoms with Crippen LogP contribution in [0.3, 0.4) is 0 Å². The Morgan fingerprint density at radius 1 is 1.15 bits per heavy atom. The second-order valence-electron chi connectivity index (χ2n) is 2.50. The molecule has 1 rings (SSSR count). The Bertz CT molecular complexity index is 380. The van der Waals surface area contributed by atoms with Gasteiger partial charge in [-0.1, -0.05) is 24.1 Å². The van der Waals surface area contributed by atoms with Crippen molar-refractivity contribution in [3.8, 4) is 11.8 Å². The van der Waals surface area contributed by atoms with Crippen molar-refractivity contribution in [3.05, 3.63) is 35.9 Å². The Hall–Kier alpha value is -1.88. The Balaban J connectivity index is 2.80. The molecule has 0 unspecified atom stereocenters. The second kappa shape index (κ2) is 4.22. The third-order valence-corrected chi connectivity index (χ3v) is 1.41. The monoisotopic (exact) mass is 172 g/mol. The highest BCUT2D eigenvalue weighted by molar-refractivity contribution is 6.43. The van der Waals surface area contributed by atoms with Crippen molar-refractivity contribution >= 4 is 11.6 Å². The number of carbonyl (C=O) groups excluding carboxylic acids is 2. The summed E-state index contributed by atoms with van der Waals surface area (Å²) in [4.78, 5) is 21.3. The van der Waals surface area contributed by atoms with Gasteiger partial charge in [-0.25, -0.2) is 0 Å². The summed E-state index contributed by atoms with van der Waals surface area (Å²) in [5, 5.41) is 0. The quantitative estimate of drug-likeness (QED) is 0.471. The first-order chi connectivity index (χ1) is 6.20. The Morgan fingerprint density at radius 2 is 1.77 bits per heavy atom. The van der Waals surface area contributed by atoms with Crippen LogP contribution in [0.2, 0.25) is 0 Å². The minimum absolute atomic E-state index is 0.525. The largest absolute Gasteiger partial charge is 0.290 e. The number of rotatable bonds is 1. The molecule has 0 amide bonds. The molecule has 0 spiro atoms. The smallest absolute Gasteiger partial charge is 0.271 e. The number of Topliss-reactive ketones (excluding diaryl/α,β-unsaturated/α-hetero) is 2. The molecule has 0 aromatic heterocycles. The standard InChI is InChI=1S/C11H8O2/c1-9(12)11(13)8-7-10-5-3-2-4-6-10/h2-6H,1H3. The van der Waals surface area contributed by atoms with Crippen LogP contribution in [0.1, 0.15) is 12.5 Å². The Labute approximate surface area is 76.6 Å². The fourth-order valence-corrected chi connectivity index (χ4v) is 0.738. The van der Waals surface area contributed by atoms with E-state index in [9.17, 15) is 9.59 Å². The number of hydrogen-bond acceptors (Lipinski definition) is 2. The third-order valence-electron chi connectivity index (χ3n) is 1.41. The summed E-state index contributed by atoms with van der Waals surface area (Å²) in [5.41, 5.74) is 0.733. The minimum Gasteiger partial charge on any atom is -0.290 e. The molecular formula is C11H8O2. The third kappa shape index (κ3) is 2.92. The van der Waals surface area contributed by atoms with Crippen molar-refractivity contribution in [3.63, 3.8) is 0 Å². The van der Waals surface area contributed by atoms with Crippen molar-refractivity contribution in [1.29, 1.82) is 0 Å². The number of benzene rings is 1. The zero-order chi connectivity index (χ0) is 9.68. The molecule has 13 heavy (non-hydrogen) atoms. The first-order valence-corrected chi connectivity index (χ1v) is 3.82. The highest BCUT2D eigenvalue weighted by atomic mass is 16.2. The molecule has 0 heterocycles. The second-order valence-corrected chi connectivity index (χ2v) is 2.50. The van der Waals surface area contributed by atoms with E-state index in [1.54, 1.807) is 12.1 Å². The van der Waals surface area contributed by atoms with Crippen LogP contribution < -0.4 is 0 Å². The van der Waals surface area contributed by atoms with E-state index >= 15 is 0 Å². The average Bonchev–Trinajstić information content (AvgIpc) is 2.15. The van der Waals surface area contributed by atoms with E-state index < -0.39 is 11.6 Å². The van der Waals surface area contributed by atoms with Gasteiger partial charge in [0.15, 0.2) is 0 Å². The lowest BCUT2D eigenvalue weighted by molar-refractivity contribution is -0.132.